The van der Waals surface area contributed by atoms with E-state index in [4.69, 9.17) is 28.6 Å². The van der Waals surface area contributed by atoms with Gasteiger partial charge in [-0.1, -0.05) is 36.6 Å². The summed E-state index contributed by atoms with van der Waals surface area (Å²) in [5.74, 6) is 0.102. The first-order valence-corrected chi connectivity index (χ1v) is 12.6. The van der Waals surface area contributed by atoms with Gasteiger partial charge in [0.05, 0.1) is 0 Å². The lowest BCUT2D eigenvalue weighted by molar-refractivity contribution is -0.141. The molecule has 6 nitrogen and oxygen atoms in total. The van der Waals surface area contributed by atoms with Gasteiger partial charge >= 0.3 is 6.18 Å². The van der Waals surface area contributed by atoms with E-state index in [1.165, 1.54) is 0 Å². The van der Waals surface area contributed by atoms with Crippen LogP contribution < -0.4 is 15.5 Å². The van der Waals surface area contributed by atoms with Gasteiger partial charge in [0, 0.05) is 49.4 Å². The molecule has 2 saturated heterocycles. The van der Waals surface area contributed by atoms with E-state index >= 15 is 0 Å². The highest BCUT2D eigenvalue weighted by atomic mass is 35.5. The Hall–Kier alpha value is -2.17. The van der Waals surface area contributed by atoms with Crippen molar-refractivity contribution in [1.82, 2.24) is 15.3 Å². The zero-order valence-electron chi connectivity index (χ0n) is 19.3. The predicted octanol–water partition coefficient (Wildman–Crippen LogP) is 5.56. The molecule has 0 spiro atoms. The van der Waals surface area contributed by atoms with Crippen molar-refractivity contribution in [2.75, 3.05) is 43.1 Å². The summed E-state index contributed by atoms with van der Waals surface area (Å²) in [6.07, 6.45) is 0.943. The van der Waals surface area contributed by atoms with E-state index in [1.807, 2.05) is 29.2 Å². The Balaban J connectivity index is 1.50. The third-order valence-corrected chi connectivity index (χ3v) is 7.15. The number of anilines is 2. The Labute approximate surface area is 213 Å². The third kappa shape index (κ3) is 6.74. The lowest BCUT2D eigenvalue weighted by Crippen LogP contribution is -2.45. The summed E-state index contributed by atoms with van der Waals surface area (Å²) >= 11 is 11.5. The van der Waals surface area contributed by atoms with Crippen molar-refractivity contribution in [2.45, 2.75) is 50.1 Å². The lowest BCUT2D eigenvalue weighted by Gasteiger charge is -2.38. The van der Waals surface area contributed by atoms with Crippen LogP contribution in [0.15, 0.2) is 30.3 Å². The van der Waals surface area contributed by atoms with E-state index < -0.39 is 11.9 Å². The van der Waals surface area contributed by atoms with Crippen molar-refractivity contribution < 1.29 is 17.9 Å². The van der Waals surface area contributed by atoms with Crippen LogP contribution in [-0.2, 0) is 16.3 Å². The van der Waals surface area contributed by atoms with E-state index in [2.05, 4.69) is 20.6 Å². The molecule has 1 aromatic carbocycles. The van der Waals surface area contributed by atoms with Crippen LogP contribution in [0.25, 0.3) is 0 Å². The topological polar surface area (TPSA) is 62.3 Å². The van der Waals surface area contributed by atoms with E-state index in [-0.39, 0.29) is 22.3 Å². The van der Waals surface area contributed by atoms with Crippen molar-refractivity contribution in [3.63, 3.8) is 0 Å². The van der Waals surface area contributed by atoms with Crippen molar-refractivity contribution in [3.05, 3.63) is 46.6 Å². The average molecular weight is 528 g/mol. The maximum atomic E-state index is 13.6. The highest BCUT2D eigenvalue weighted by Crippen LogP contribution is 2.35. The third-order valence-electron chi connectivity index (χ3n) is 6.65. The average Bonchev–Trinajstić information content (AvgIpc) is 3.13. The van der Waals surface area contributed by atoms with E-state index in [0.717, 1.165) is 50.2 Å². The second-order valence-electron chi connectivity index (χ2n) is 9.04. The first kappa shape index (κ1) is 25.9. The van der Waals surface area contributed by atoms with Crippen LogP contribution in [0.3, 0.4) is 0 Å². The molecule has 11 heteroatoms. The van der Waals surface area contributed by atoms with E-state index in [1.54, 1.807) is 0 Å². The summed E-state index contributed by atoms with van der Waals surface area (Å²) in [6, 6.07) is 8.71. The molecule has 3 heterocycles. The molecule has 0 atom stereocenters. The first-order valence-electron chi connectivity index (χ1n) is 11.9. The zero-order valence-corrected chi connectivity index (χ0v) is 20.9. The number of nitrogens with zero attached hydrogens (tertiary/aromatic N) is 3. The van der Waals surface area contributed by atoms with Crippen LogP contribution in [0.5, 0.6) is 0 Å². The fraction of sp³-hybridized carbons (Fsp3) is 0.542. The molecule has 1 aromatic heterocycles. The number of aromatic nitrogens is 2. The van der Waals surface area contributed by atoms with Crippen LogP contribution in [0, 0.1) is 0 Å². The molecule has 0 aliphatic carbocycles. The second kappa shape index (κ2) is 11.3. The molecule has 190 valence electrons. The summed E-state index contributed by atoms with van der Waals surface area (Å²) in [5, 5.41) is 6.79. The molecule has 0 saturated carbocycles. The van der Waals surface area contributed by atoms with E-state index in [9.17, 15) is 13.2 Å². The Morgan fingerprint density at radius 1 is 1.06 bits per heavy atom. The molecule has 0 radical (unpaired) electrons. The number of thiocarbonyl (C=S) groups is 1. The van der Waals surface area contributed by atoms with Crippen molar-refractivity contribution >= 4 is 40.7 Å². The molecule has 2 N–H and O–H groups in total. The molecule has 0 bridgehead atoms. The summed E-state index contributed by atoms with van der Waals surface area (Å²) < 4.78 is 46.3. The summed E-state index contributed by atoms with van der Waals surface area (Å²) in [4.78, 5) is 9.97. The Kier molecular flexibility index (Phi) is 8.34. The number of rotatable bonds is 5. The zero-order chi connectivity index (χ0) is 24.9. The molecule has 2 fully saturated rings. The summed E-state index contributed by atoms with van der Waals surface area (Å²) in [5.41, 5.74) is -0.112. The number of alkyl halides is 3. The van der Waals surface area contributed by atoms with Gasteiger partial charge < -0.3 is 20.3 Å². The number of hydrogen-bond acceptors (Lipinski definition) is 5. The fourth-order valence-corrected chi connectivity index (χ4v) is 4.92. The predicted molar refractivity (Wildman–Crippen MR) is 135 cm³/mol. The van der Waals surface area contributed by atoms with Gasteiger partial charge in [0.15, 0.2) is 10.8 Å². The molecule has 4 rings (SSSR count). The minimum atomic E-state index is -4.59. The number of nitrogens with one attached hydrogen (secondary N) is 2. The summed E-state index contributed by atoms with van der Waals surface area (Å²) in [7, 11) is 0. The van der Waals surface area contributed by atoms with Crippen molar-refractivity contribution in [1.29, 1.82) is 0 Å². The number of ether oxygens (including phenoxy) is 1. The quantitative estimate of drug-likeness (QED) is 0.493. The van der Waals surface area contributed by atoms with Crippen LogP contribution >= 0.6 is 23.8 Å². The molecule has 0 amide bonds. The SMILES string of the molecule is FC(F)(F)c1cc(N2CCCCCC2)nc(NC(=S)NCC2(c3ccc(Cl)cc3)CCOCC2)n1. The van der Waals surface area contributed by atoms with Crippen LogP contribution in [-0.4, -0.2) is 47.9 Å². The molecule has 2 aliphatic rings. The molecular formula is C24H29ClF3N5OS. The van der Waals surface area contributed by atoms with Gasteiger partial charge in [0.1, 0.15) is 5.82 Å². The fourth-order valence-electron chi connectivity index (χ4n) is 4.63. The highest BCUT2D eigenvalue weighted by molar-refractivity contribution is 7.80. The first-order chi connectivity index (χ1) is 16.7. The Bertz CT molecular complexity index is 1010. The normalized spacial score (nSPS) is 18.6. The van der Waals surface area contributed by atoms with Crippen LogP contribution in [0.1, 0.15) is 49.8 Å². The number of halogens is 4. The molecule has 2 aliphatic heterocycles. The Morgan fingerprint density at radius 2 is 1.71 bits per heavy atom. The molecule has 2 aromatic rings. The van der Waals surface area contributed by atoms with Gasteiger partial charge in [-0.2, -0.15) is 18.2 Å². The van der Waals surface area contributed by atoms with Gasteiger partial charge in [-0.25, -0.2) is 4.98 Å². The van der Waals surface area contributed by atoms with Gasteiger partial charge in [-0.3, -0.25) is 0 Å². The number of benzene rings is 1. The van der Waals surface area contributed by atoms with Crippen molar-refractivity contribution in [2.24, 2.45) is 0 Å². The minimum absolute atomic E-state index is 0.163. The maximum Gasteiger partial charge on any atom is 0.433 e. The summed E-state index contributed by atoms with van der Waals surface area (Å²) in [6.45, 7) is 3.05. The monoisotopic (exact) mass is 527 g/mol. The van der Waals surface area contributed by atoms with Gasteiger partial charge in [-0.05, 0) is 55.6 Å². The van der Waals surface area contributed by atoms with Crippen LogP contribution in [0.2, 0.25) is 5.02 Å². The van der Waals surface area contributed by atoms with Crippen LogP contribution in [0.4, 0.5) is 24.9 Å². The maximum absolute atomic E-state index is 13.6. The largest absolute Gasteiger partial charge is 0.433 e. The smallest absolute Gasteiger partial charge is 0.381 e. The second-order valence-corrected chi connectivity index (χ2v) is 9.89. The number of hydrogen-bond donors (Lipinski definition) is 2. The Morgan fingerprint density at radius 3 is 2.34 bits per heavy atom. The standard InChI is InChI=1S/C24H29ClF3N5OS/c25-18-7-5-17(6-8-18)23(9-13-34-14-10-23)16-29-22(35)32-21-30-19(24(26,27)28)15-20(31-21)33-11-3-1-2-4-12-33/h5-8,15H,1-4,9-14,16H2,(H2,29,30,31,32,35). The minimum Gasteiger partial charge on any atom is -0.381 e. The van der Waals surface area contributed by atoms with Gasteiger partial charge in [0.25, 0.3) is 0 Å². The van der Waals surface area contributed by atoms with E-state index in [0.29, 0.717) is 37.9 Å². The lowest BCUT2D eigenvalue weighted by atomic mass is 9.74. The van der Waals surface area contributed by atoms with Gasteiger partial charge in [-0.15, -0.1) is 0 Å². The molecular weight excluding hydrogens is 499 g/mol. The molecule has 0 unspecified atom stereocenters. The van der Waals surface area contributed by atoms with Crippen molar-refractivity contribution in [3.8, 4) is 0 Å². The highest BCUT2D eigenvalue weighted by Gasteiger charge is 2.36. The molecule has 35 heavy (non-hydrogen) atoms. The van der Waals surface area contributed by atoms with Gasteiger partial charge in [0.2, 0.25) is 5.95 Å².